The highest BCUT2D eigenvalue weighted by Gasteiger charge is 2.26. The second-order valence-electron chi connectivity index (χ2n) is 6.57. The van der Waals surface area contributed by atoms with Crippen molar-refractivity contribution in [2.45, 2.75) is 13.8 Å². The molecule has 3 aromatic rings. The molecule has 0 saturated heterocycles. The first kappa shape index (κ1) is 22.9. The molecule has 2 heterocycles. The van der Waals surface area contributed by atoms with E-state index in [2.05, 4.69) is 15.6 Å². The predicted molar refractivity (Wildman–Crippen MR) is 119 cm³/mol. The molecule has 0 bridgehead atoms. The van der Waals surface area contributed by atoms with E-state index in [1.807, 2.05) is 12.1 Å². The standard InChI is InChI=1S/C22H21N3O6S/c1-4-30-22(29)17-12(2)18(19(27)23-3)32-20(17)25-16(26)11-31-21(28)15-10-9-13-7-5-6-8-14(13)24-15/h5-10H,4,11H2,1-3H3,(H,23,27)(H,25,26). The van der Waals surface area contributed by atoms with Gasteiger partial charge in [0.1, 0.15) is 10.7 Å². The molecule has 10 heteroatoms. The predicted octanol–water partition coefficient (Wildman–Crippen LogP) is 2.94. The van der Waals surface area contributed by atoms with E-state index in [9.17, 15) is 19.2 Å². The largest absolute Gasteiger partial charge is 0.462 e. The van der Waals surface area contributed by atoms with Gasteiger partial charge in [0, 0.05) is 12.4 Å². The van der Waals surface area contributed by atoms with Crippen LogP contribution in [0, 0.1) is 6.92 Å². The minimum atomic E-state index is -0.759. The highest BCUT2D eigenvalue weighted by molar-refractivity contribution is 7.18. The van der Waals surface area contributed by atoms with Crippen LogP contribution < -0.4 is 10.6 Å². The maximum absolute atomic E-state index is 12.4. The molecule has 2 N–H and O–H groups in total. The Labute approximate surface area is 187 Å². The van der Waals surface area contributed by atoms with Crippen molar-refractivity contribution >= 4 is 51.0 Å². The van der Waals surface area contributed by atoms with Gasteiger partial charge in [0.2, 0.25) is 0 Å². The Bertz CT molecular complexity index is 1200. The Morgan fingerprint density at radius 3 is 2.50 bits per heavy atom. The van der Waals surface area contributed by atoms with E-state index in [0.717, 1.165) is 16.7 Å². The first-order valence-electron chi connectivity index (χ1n) is 9.71. The molecule has 0 aliphatic rings. The minimum absolute atomic E-state index is 0.0672. The fourth-order valence-electron chi connectivity index (χ4n) is 2.93. The zero-order valence-corrected chi connectivity index (χ0v) is 18.5. The number of esters is 2. The number of benzene rings is 1. The van der Waals surface area contributed by atoms with Crippen molar-refractivity contribution in [3.05, 3.63) is 58.1 Å². The molecule has 0 fully saturated rings. The molecule has 0 aliphatic heterocycles. The van der Waals surface area contributed by atoms with Crippen molar-refractivity contribution in [1.29, 1.82) is 0 Å². The molecule has 32 heavy (non-hydrogen) atoms. The van der Waals surface area contributed by atoms with Crippen LogP contribution in [0.4, 0.5) is 5.00 Å². The SMILES string of the molecule is CCOC(=O)c1c(NC(=O)COC(=O)c2ccc3ccccc3n2)sc(C(=O)NC)c1C. The van der Waals surface area contributed by atoms with E-state index >= 15 is 0 Å². The van der Waals surface area contributed by atoms with E-state index in [1.54, 1.807) is 32.0 Å². The van der Waals surface area contributed by atoms with Crippen molar-refractivity contribution in [3.8, 4) is 0 Å². The zero-order valence-electron chi connectivity index (χ0n) is 17.7. The molecule has 0 radical (unpaired) electrons. The Morgan fingerprint density at radius 2 is 1.78 bits per heavy atom. The number of pyridine rings is 1. The number of hydrogen-bond donors (Lipinski definition) is 2. The maximum Gasteiger partial charge on any atom is 0.357 e. The summed E-state index contributed by atoms with van der Waals surface area (Å²) in [6.45, 7) is 2.78. The average Bonchev–Trinajstić information content (AvgIpc) is 3.12. The minimum Gasteiger partial charge on any atom is -0.462 e. The average molecular weight is 455 g/mol. The number of nitrogens with zero attached hydrogens (tertiary/aromatic N) is 1. The quantitative estimate of drug-likeness (QED) is 0.525. The molecule has 2 amide bonds. The van der Waals surface area contributed by atoms with Crippen LogP contribution in [0.25, 0.3) is 10.9 Å². The number of ether oxygens (including phenoxy) is 2. The van der Waals surface area contributed by atoms with Crippen molar-refractivity contribution in [3.63, 3.8) is 0 Å². The zero-order chi connectivity index (χ0) is 23.3. The Kier molecular flexibility index (Phi) is 7.16. The molecule has 0 aliphatic carbocycles. The van der Waals surface area contributed by atoms with Gasteiger partial charge in [-0.05, 0) is 31.5 Å². The fourth-order valence-corrected chi connectivity index (χ4v) is 4.09. The number of carbonyl (C=O) groups is 4. The van der Waals surface area contributed by atoms with Gasteiger partial charge >= 0.3 is 11.9 Å². The number of carbonyl (C=O) groups excluding carboxylic acids is 4. The molecule has 1 aromatic carbocycles. The molecule has 0 atom stereocenters. The number of aromatic nitrogens is 1. The number of para-hydroxylation sites is 1. The number of nitrogens with one attached hydrogen (secondary N) is 2. The summed E-state index contributed by atoms with van der Waals surface area (Å²) >= 11 is 0.936. The maximum atomic E-state index is 12.4. The van der Waals surface area contributed by atoms with Gasteiger partial charge in [0.05, 0.1) is 22.6 Å². The molecule has 0 saturated carbocycles. The Hall–Kier alpha value is -3.79. The van der Waals surface area contributed by atoms with Gasteiger partial charge in [0.25, 0.3) is 11.8 Å². The van der Waals surface area contributed by atoms with Gasteiger partial charge in [-0.15, -0.1) is 11.3 Å². The Morgan fingerprint density at radius 1 is 1.03 bits per heavy atom. The van der Waals surface area contributed by atoms with Crippen LogP contribution in [0.15, 0.2) is 36.4 Å². The number of anilines is 1. The molecule has 9 nitrogen and oxygen atoms in total. The number of amides is 2. The van der Waals surface area contributed by atoms with Crippen molar-refractivity contribution in [1.82, 2.24) is 10.3 Å². The summed E-state index contributed by atoms with van der Waals surface area (Å²) in [6.07, 6.45) is 0. The molecule has 3 rings (SSSR count). The van der Waals surface area contributed by atoms with Gasteiger partial charge in [-0.3, -0.25) is 9.59 Å². The molecule has 2 aromatic heterocycles. The van der Waals surface area contributed by atoms with Gasteiger partial charge in [0.15, 0.2) is 6.61 Å². The topological polar surface area (TPSA) is 124 Å². The summed E-state index contributed by atoms with van der Waals surface area (Å²) in [7, 11) is 1.46. The molecular weight excluding hydrogens is 434 g/mol. The summed E-state index contributed by atoms with van der Waals surface area (Å²) < 4.78 is 10.1. The van der Waals surface area contributed by atoms with Crippen LogP contribution in [0.2, 0.25) is 0 Å². The van der Waals surface area contributed by atoms with E-state index < -0.39 is 30.4 Å². The van der Waals surface area contributed by atoms with Crippen LogP contribution in [0.5, 0.6) is 0 Å². The molecular formula is C22H21N3O6S. The van der Waals surface area contributed by atoms with Crippen LogP contribution in [0.1, 0.15) is 43.0 Å². The lowest BCUT2D eigenvalue weighted by molar-refractivity contribution is -0.119. The van der Waals surface area contributed by atoms with Gasteiger partial charge < -0.3 is 20.1 Å². The summed E-state index contributed by atoms with van der Waals surface area (Å²) in [5, 5.41) is 6.03. The van der Waals surface area contributed by atoms with Crippen molar-refractivity contribution < 1.29 is 28.7 Å². The molecule has 166 valence electrons. The number of rotatable bonds is 7. The Balaban J connectivity index is 1.72. The van der Waals surface area contributed by atoms with Crippen LogP contribution in [-0.2, 0) is 14.3 Å². The summed E-state index contributed by atoms with van der Waals surface area (Å²) in [5.41, 5.74) is 1.17. The number of hydrogen-bond acceptors (Lipinski definition) is 8. The third-order valence-corrected chi connectivity index (χ3v) is 5.66. The highest BCUT2D eigenvalue weighted by atomic mass is 32.1. The normalized spacial score (nSPS) is 10.5. The molecule has 0 unspecified atom stereocenters. The summed E-state index contributed by atoms with van der Waals surface area (Å²) in [5.74, 6) is -2.49. The van der Waals surface area contributed by atoms with Crippen LogP contribution >= 0.6 is 11.3 Å². The van der Waals surface area contributed by atoms with Gasteiger partial charge in [-0.25, -0.2) is 14.6 Å². The van der Waals surface area contributed by atoms with Crippen LogP contribution in [-0.4, -0.2) is 49.0 Å². The third-order valence-electron chi connectivity index (χ3n) is 4.45. The highest BCUT2D eigenvalue weighted by Crippen LogP contribution is 2.33. The van der Waals surface area contributed by atoms with E-state index in [4.69, 9.17) is 9.47 Å². The number of thiophene rings is 1. The lowest BCUT2D eigenvalue weighted by Gasteiger charge is -2.08. The smallest absolute Gasteiger partial charge is 0.357 e. The third kappa shape index (κ3) is 4.92. The lowest BCUT2D eigenvalue weighted by atomic mass is 10.1. The van der Waals surface area contributed by atoms with E-state index in [-0.39, 0.29) is 27.7 Å². The van der Waals surface area contributed by atoms with Crippen molar-refractivity contribution in [2.24, 2.45) is 0 Å². The van der Waals surface area contributed by atoms with Gasteiger partial charge in [-0.2, -0.15) is 0 Å². The second-order valence-corrected chi connectivity index (χ2v) is 7.59. The fraction of sp³-hybridized carbons (Fsp3) is 0.227. The first-order chi connectivity index (χ1) is 15.3. The van der Waals surface area contributed by atoms with E-state index in [0.29, 0.717) is 11.1 Å². The first-order valence-corrected chi connectivity index (χ1v) is 10.5. The molecule has 0 spiro atoms. The summed E-state index contributed by atoms with van der Waals surface area (Å²) in [6, 6.07) is 10.5. The second kappa shape index (κ2) is 10.0. The van der Waals surface area contributed by atoms with E-state index in [1.165, 1.54) is 13.1 Å². The van der Waals surface area contributed by atoms with Crippen molar-refractivity contribution in [2.75, 3.05) is 25.6 Å². The number of fused-ring (bicyclic) bond motifs is 1. The van der Waals surface area contributed by atoms with Gasteiger partial charge in [-0.1, -0.05) is 24.3 Å². The monoisotopic (exact) mass is 455 g/mol. The van der Waals surface area contributed by atoms with Crippen LogP contribution in [0.3, 0.4) is 0 Å². The summed E-state index contributed by atoms with van der Waals surface area (Å²) in [4.78, 5) is 53.6. The lowest BCUT2D eigenvalue weighted by Crippen LogP contribution is -2.22.